The average Bonchev–Trinajstić information content (AvgIpc) is 2.72. The van der Waals surface area contributed by atoms with E-state index in [9.17, 15) is 9.59 Å². The van der Waals surface area contributed by atoms with E-state index < -0.39 is 5.63 Å². The minimum Gasteiger partial charge on any atom is -0.486 e. The molecule has 2 N–H and O–H groups in total. The van der Waals surface area contributed by atoms with Crippen molar-refractivity contribution >= 4 is 22.6 Å². The molecule has 0 saturated heterocycles. The Morgan fingerprint density at radius 2 is 1.81 bits per heavy atom. The quantitative estimate of drug-likeness (QED) is 0.584. The molecule has 2 aromatic carbocycles. The lowest BCUT2D eigenvalue weighted by Gasteiger charge is -2.26. The fraction of sp³-hybridized carbons (Fsp3) is 0.333. The maximum absolute atomic E-state index is 12.1. The molecule has 0 fully saturated rings. The van der Waals surface area contributed by atoms with Gasteiger partial charge in [0.15, 0.2) is 11.5 Å². The maximum atomic E-state index is 12.1. The van der Waals surface area contributed by atoms with E-state index in [0.717, 1.165) is 28.0 Å². The fourth-order valence-corrected chi connectivity index (χ4v) is 3.87. The van der Waals surface area contributed by atoms with E-state index in [0.29, 0.717) is 36.9 Å². The Morgan fingerprint density at radius 1 is 1.03 bits per heavy atom. The van der Waals surface area contributed by atoms with Crippen LogP contribution < -0.4 is 25.7 Å². The van der Waals surface area contributed by atoms with Crippen molar-refractivity contribution in [2.75, 3.05) is 18.5 Å². The Bertz CT molecular complexity index is 1170. The van der Waals surface area contributed by atoms with Gasteiger partial charge in [-0.1, -0.05) is 19.9 Å². The number of amides is 1. The van der Waals surface area contributed by atoms with E-state index in [1.54, 1.807) is 12.1 Å². The van der Waals surface area contributed by atoms with Gasteiger partial charge in [0.2, 0.25) is 5.91 Å². The summed E-state index contributed by atoms with van der Waals surface area (Å²) in [7, 11) is 0. The largest absolute Gasteiger partial charge is 0.486 e. The number of nitrogens with one attached hydrogen (secondary N) is 2. The summed E-state index contributed by atoms with van der Waals surface area (Å²) >= 11 is 0. The van der Waals surface area contributed by atoms with Gasteiger partial charge in [0.25, 0.3) is 0 Å². The molecule has 2 heterocycles. The van der Waals surface area contributed by atoms with Crippen LogP contribution in [0.25, 0.3) is 11.0 Å². The molecule has 4 rings (SSSR count). The number of carbonyl (C=O) groups excluding carboxylic acids is 1. The van der Waals surface area contributed by atoms with Crippen molar-refractivity contribution in [3.05, 3.63) is 64.0 Å². The topological polar surface area (TPSA) is 89.8 Å². The third-order valence-electron chi connectivity index (χ3n) is 5.26. The van der Waals surface area contributed by atoms with Crippen LogP contribution in [0, 0.1) is 5.92 Å². The summed E-state index contributed by atoms with van der Waals surface area (Å²) in [6.45, 7) is 7.31. The molecule has 1 aromatic heterocycles. The van der Waals surface area contributed by atoms with Crippen molar-refractivity contribution < 1.29 is 18.7 Å². The van der Waals surface area contributed by atoms with Gasteiger partial charge in [0.1, 0.15) is 18.8 Å². The molecule has 162 valence electrons. The van der Waals surface area contributed by atoms with E-state index in [-0.39, 0.29) is 11.9 Å². The van der Waals surface area contributed by atoms with Crippen LogP contribution in [0.3, 0.4) is 0 Å². The van der Waals surface area contributed by atoms with Gasteiger partial charge in [0, 0.05) is 42.7 Å². The number of ether oxygens (including phenoxy) is 2. The SMILES string of the molecule is CC(=O)Nc1ccc2c(CNC(c3ccc4c(c3)OCCO4)C(C)C)cc(=O)oc2c1. The summed E-state index contributed by atoms with van der Waals surface area (Å²) in [6, 6.07) is 12.9. The maximum Gasteiger partial charge on any atom is 0.336 e. The molecule has 31 heavy (non-hydrogen) atoms. The van der Waals surface area contributed by atoms with Crippen molar-refractivity contribution in [1.82, 2.24) is 5.32 Å². The van der Waals surface area contributed by atoms with Crippen molar-refractivity contribution in [3.8, 4) is 11.5 Å². The molecule has 1 atom stereocenters. The Kier molecular flexibility index (Phi) is 5.95. The highest BCUT2D eigenvalue weighted by Gasteiger charge is 2.20. The standard InChI is InChI=1S/C24H26N2O5/c1-14(2)24(16-4-7-20-22(10-16)30-9-8-29-20)25-13-17-11-23(28)31-21-12-18(26-15(3)27)5-6-19(17)21/h4-7,10-12,14,24-25H,8-9,13H2,1-3H3,(H,26,27). The number of anilines is 1. The molecule has 1 amide bonds. The molecule has 7 nitrogen and oxygen atoms in total. The first-order chi connectivity index (χ1) is 14.9. The van der Waals surface area contributed by atoms with Crippen LogP contribution in [0.2, 0.25) is 0 Å². The third-order valence-corrected chi connectivity index (χ3v) is 5.26. The van der Waals surface area contributed by atoms with Gasteiger partial charge in [-0.05, 0) is 41.3 Å². The number of rotatable bonds is 6. The molecule has 7 heteroatoms. The first kappa shape index (κ1) is 20.9. The number of hydrogen-bond acceptors (Lipinski definition) is 6. The highest BCUT2D eigenvalue weighted by Crippen LogP contribution is 2.34. The molecule has 3 aromatic rings. The predicted octanol–water partition coefficient (Wildman–Crippen LogP) is 4.01. The van der Waals surface area contributed by atoms with Gasteiger partial charge in [-0.3, -0.25) is 4.79 Å². The van der Waals surface area contributed by atoms with Gasteiger partial charge in [0.05, 0.1) is 0 Å². The lowest BCUT2D eigenvalue weighted by molar-refractivity contribution is -0.114. The summed E-state index contributed by atoms with van der Waals surface area (Å²) in [5, 5.41) is 7.11. The van der Waals surface area contributed by atoms with Gasteiger partial charge in [-0.2, -0.15) is 0 Å². The zero-order valence-electron chi connectivity index (χ0n) is 17.9. The molecule has 0 radical (unpaired) electrons. The molecule has 0 spiro atoms. The Hall–Kier alpha value is -3.32. The van der Waals surface area contributed by atoms with Gasteiger partial charge in [-0.15, -0.1) is 0 Å². The monoisotopic (exact) mass is 422 g/mol. The van der Waals surface area contributed by atoms with Crippen molar-refractivity contribution in [2.45, 2.75) is 33.4 Å². The molecule has 0 aliphatic carbocycles. The fourth-order valence-electron chi connectivity index (χ4n) is 3.87. The highest BCUT2D eigenvalue weighted by molar-refractivity contribution is 5.92. The summed E-state index contributed by atoms with van der Waals surface area (Å²) in [4.78, 5) is 23.5. The molecule has 1 aliphatic rings. The van der Waals surface area contributed by atoms with Crippen LogP contribution in [-0.4, -0.2) is 19.1 Å². The summed E-state index contributed by atoms with van der Waals surface area (Å²) < 4.78 is 16.7. The molecule has 1 aliphatic heterocycles. The zero-order chi connectivity index (χ0) is 22.0. The number of hydrogen-bond donors (Lipinski definition) is 2. The Labute approximate surface area is 180 Å². The van der Waals surface area contributed by atoms with E-state index in [4.69, 9.17) is 13.9 Å². The second-order valence-electron chi connectivity index (χ2n) is 7.99. The second kappa shape index (κ2) is 8.81. The van der Waals surface area contributed by atoms with Crippen LogP contribution in [-0.2, 0) is 11.3 Å². The number of fused-ring (bicyclic) bond motifs is 2. The minimum absolute atomic E-state index is 0.0526. The lowest BCUT2D eigenvalue weighted by Crippen LogP contribution is -2.26. The summed E-state index contributed by atoms with van der Waals surface area (Å²) in [5.74, 6) is 1.64. The zero-order valence-corrected chi connectivity index (χ0v) is 17.9. The highest BCUT2D eigenvalue weighted by atomic mass is 16.6. The molecule has 0 saturated carbocycles. The number of benzene rings is 2. The normalized spacial score (nSPS) is 13.9. The van der Waals surface area contributed by atoms with Crippen LogP contribution >= 0.6 is 0 Å². The predicted molar refractivity (Wildman–Crippen MR) is 119 cm³/mol. The molecular formula is C24H26N2O5. The van der Waals surface area contributed by atoms with Crippen LogP contribution in [0.5, 0.6) is 11.5 Å². The third kappa shape index (κ3) is 4.72. The number of carbonyl (C=O) groups is 1. The van der Waals surface area contributed by atoms with Crippen LogP contribution in [0.4, 0.5) is 5.69 Å². The minimum atomic E-state index is -0.426. The van der Waals surface area contributed by atoms with E-state index in [1.807, 2.05) is 24.3 Å². The van der Waals surface area contributed by atoms with Gasteiger partial charge >= 0.3 is 5.63 Å². The first-order valence-electron chi connectivity index (χ1n) is 10.4. The van der Waals surface area contributed by atoms with Crippen molar-refractivity contribution in [3.63, 3.8) is 0 Å². The average molecular weight is 422 g/mol. The summed E-state index contributed by atoms with van der Waals surface area (Å²) in [6.07, 6.45) is 0. The van der Waals surface area contributed by atoms with E-state index in [2.05, 4.69) is 24.5 Å². The molecule has 1 unspecified atom stereocenters. The lowest BCUT2D eigenvalue weighted by atomic mass is 9.95. The van der Waals surface area contributed by atoms with Crippen LogP contribution in [0.1, 0.15) is 37.9 Å². The Morgan fingerprint density at radius 3 is 2.55 bits per heavy atom. The van der Waals surface area contributed by atoms with E-state index >= 15 is 0 Å². The van der Waals surface area contributed by atoms with Crippen LogP contribution in [0.15, 0.2) is 51.7 Å². The summed E-state index contributed by atoms with van der Waals surface area (Å²) in [5.41, 5.74) is 2.54. The first-order valence-corrected chi connectivity index (χ1v) is 10.4. The second-order valence-corrected chi connectivity index (χ2v) is 7.99. The molecule has 0 bridgehead atoms. The molecular weight excluding hydrogens is 396 g/mol. The van der Waals surface area contributed by atoms with E-state index in [1.165, 1.54) is 13.0 Å². The Balaban J connectivity index is 1.60. The van der Waals surface area contributed by atoms with Crippen molar-refractivity contribution in [1.29, 1.82) is 0 Å². The smallest absolute Gasteiger partial charge is 0.336 e. The van der Waals surface area contributed by atoms with Gasteiger partial charge < -0.3 is 24.5 Å². The van der Waals surface area contributed by atoms with Crippen molar-refractivity contribution in [2.24, 2.45) is 5.92 Å². The van der Waals surface area contributed by atoms with Gasteiger partial charge in [-0.25, -0.2) is 4.79 Å².